The van der Waals surface area contributed by atoms with Crippen LogP contribution in [0.25, 0.3) is 0 Å². The van der Waals surface area contributed by atoms with Gasteiger partial charge in [0, 0.05) is 29.6 Å². The summed E-state index contributed by atoms with van der Waals surface area (Å²) in [6, 6.07) is 12.5. The molecular formula is C29H33N3O5. The third-order valence-electron chi connectivity index (χ3n) is 5.09. The number of ether oxygens (including phenoxy) is 1. The minimum Gasteiger partial charge on any atom is -0.508 e. The summed E-state index contributed by atoms with van der Waals surface area (Å²) in [7, 11) is 0. The van der Waals surface area contributed by atoms with Crippen LogP contribution in [-0.2, 0) is 20.7 Å². The van der Waals surface area contributed by atoms with Gasteiger partial charge < -0.3 is 20.5 Å². The molecule has 2 unspecified atom stereocenters. The number of rotatable bonds is 8. The number of carbonyl (C=O) groups excluding carboxylic acids is 3. The van der Waals surface area contributed by atoms with Crippen molar-refractivity contribution in [2.75, 3.05) is 0 Å². The second-order valence-electron chi connectivity index (χ2n) is 9.70. The lowest BCUT2D eigenvalue weighted by atomic mass is 9.97. The van der Waals surface area contributed by atoms with Crippen molar-refractivity contribution in [2.24, 2.45) is 0 Å². The lowest BCUT2D eigenvalue weighted by molar-refractivity contribution is -0.138. The van der Waals surface area contributed by atoms with E-state index < -0.39 is 35.6 Å². The fraction of sp³-hybridized carbons (Fsp3) is 0.345. The molecule has 0 spiro atoms. The highest BCUT2D eigenvalue weighted by Gasteiger charge is 2.37. The van der Waals surface area contributed by atoms with Crippen molar-refractivity contribution in [2.45, 2.75) is 64.8 Å². The molecule has 0 saturated heterocycles. The zero-order valence-electron chi connectivity index (χ0n) is 21.7. The molecule has 2 aromatic rings. The molecule has 3 amide bonds. The Balaban J connectivity index is 2.54. The Morgan fingerprint density at radius 1 is 1.03 bits per heavy atom. The Kier molecular flexibility index (Phi) is 9.74. The van der Waals surface area contributed by atoms with Gasteiger partial charge >= 0.3 is 6.09 Å². The molecule has 8 heteroatoms. The van der Waals surface area contributed by atoms with Gasteiger partial charge in [-0.3, -0.25) is 14.5 Å². The number of carbonyl (C=O) groups is 3. The number of benzene rings is 2. The summed E-state index contributed by atoms with van der Waals surface area (Å²) < 4.78 is 5.35. The first-order valence-electron chi connectivity index (χ1n) is 11.8. The van der Waals surface area contributed by atoms with Gasteiger partial charge in [0.25, 0.3) is 5.91 Å². The van der Waals surface area contributed by atoms with E-state index >= 15 is 0 Å². The molecule has 0 aliphatic heterocycles. The molecule has 37 heavy (non-hydrogen) atoms. The van der Waals surface area contributed by atoms with Gasteiger partial charge in [0.15, 0.2) is 0 Å². The van der Waals surface area contributed by atoms with Crippen molar-refractivity contribution >= 4 is 17.9 Å². The Morgan fingerprint density at radius 3 is 2.19 bits per heavy atom. The first-order valence-corrected chi connectivity index (χ1v) is 11.8. The highest BCUT2D eigenvalue weighted by atomic mass is 16.6. The zero-order chi connectivity index (χ0) is 27.8. The number of hydrogen-bond donors (Lipinski definition) is 3. The summed E-state index contributed by atoms with van der Waals surface area (Å²) in [6.45, 7) is 8.64. The predicted molar refractivity (Wildman–Crippen MR) is 141 cm³/mol. The van der Waals surface area contributed by atoms with Crippen LogP contribution in [0.2, 0.25) is 0 Å². The Hall–Kier alpha value is -4.43. The van der Waals surface area contributed by atoms with Crippen LogP contribution in [0.4, 0.5) is 4.79 Å². The van der Waals surface area contributed by atoms with Gasteiger partial charge in [-0.05, 0) is 58.4 Å². The molecule has 2 aromatic carbocycles. The summed E-state index contributed by atoms with van der Waals surface area (Å²) >= 11 is 0. The van der Waals surface area contributed by atoms with Crippen LogP contribution in [0, 0.1) is 24.8 Å². The van der Waals surface area contributed by atoms with E-state index in [2.05, 4.69) is 22.6 Å². The van der Waals surface area contributed by atoms with E-state index in [-0.39, 0.29) is 18.2 Å². The minimum absolute atomic E-state index is 0.0197. The van der Waals surface area contributed by atoms with E-state index in [1.54, 1.807) is 71.0 Å². The highest BCUT2D eigenvalue weighted by molar-refractivity contribution is 5.94. The number of phenols is 1. The fourth-order valence-corrected chi connectivity index (χ4v) is 3.58. The summed E-state index contributed by atoms with van der Waals surface area (Å²) in [5, 5.41) is 15.0. The Labute approximate surface area is 218 Å². The smallest absolute Gasteiger partial charge is 0.408 e. The molecular weight excluding hydrogens is 470 g/mol. The lowest BCUT2D eigenvalue weighted by Crippen LogP contribution is -2.52. The Bertz CT molecular complexity index is 1200. The van der Waals surface area contributed by atoms with Gasteiger partial charge in [0.05, 0.1) is 0 Å². The molecule has 0 aliphatic rings. The molecule has 0 fully saturated rings. The molecule has 0 heterocycles. The lowest BCUT2D eigenvalue weighted by Gasteiger charge is -2.31. The van der Waals surface area contributed by atoms with Crippen LogP contribution in [-0.4, -0.2) is 45.6 Å². The largest absolute Gasteiger partial charge is 0.508 e. The third kappa shape index (κ3) is 8.33. The maximum absolute atomic E-state index is 13.9. The molecule has 0 bridgehead atoms. The number of phenolic OH excluding ortho intramolecular Hbond substituents is 1. The van der Waals surface area contributed by atoms with Crippen molar-refractivity contribution in [3.05, 3.63) is 65.2 Å². The van der Waals surface area contributed by atoms with E-state index in [1.807, 2.05) is 0 Å². The van der Waals surface area contributed by atoms with Gasteiger partial charge in [-0.25, -0.2) is 4.79 Å². The van der Waals surface area contributed by atoms with E-state index in [0.29, 0.717) is 16.7 Å². The number of nitrogens with zero attached hydrogens (tertiary/aromatic N) is 1. The van der Waals surface area contributed by atoms with Gasteiger partial charge in [-0.1, -0.05) is 42.7 Å². The third-order valence-corrected chi connectivity index (χ3v) is 5.09. The number of hydrogen-bond acceptors (Lipinski definition) is 5. The van der Waals surface area contributed by atoms with Crippen molar-refractivity contribution in [1.82, 2.24) is 15.5 Å². The molecule has 0 saturated carbocycles. The first-order chi connectivity index (χ1) is 17.4. The van der Waals surface area contributed by atoms with Crippen molar-refractivity contribution < 1.29 is 24.2 Å². The van der Waals surface area contributed by atoms with Crippen LogP contribution in [0.3, 0.4) is 0 Å². The summed E-state index contributed by atoms with van der Waals surface area (Å²) in [5.41, 5.74) is 0.592. The van der Waals surface area contributed by atoms with Crippen LogP contribution in [0.1, 0.15) is 57.4 Å². The van der Waals surface area contributed by atoms with Crippen LogP contribution in [0.15, 0.2) is 48.5 Å². The quantitative estimate of drug-likeness (QED) is 0.378. The van der Waals surface area contributed by atoms with E-state index in [1.165, 1.54) is 12.1 Å². The predicted octanol–water partition coefficient (Wildman–Crippen LogP) is 3.49. The van der Waals surface area contributed by atoms with Crippen molar-refractivity contribution in [3.8, 4) is 30.6 Å². The standard InChI is InChI=1S/C29H33N3O5/c1-8-21-12-10-11-13-23(21)25(26(34)30-19(3)4)32(9-2)27(35)24(31-28(36)37-29(5,6)7)18-20-14-16-22(33)17-15-20/h1-2,10-17,19,24-25,33H,18H2,3-7H3,(H,30,34)(H,31,36). The summed E-state index contributed by atoms with van der Waals surface area (Å²) in [5.74, 6) is 1.35. The van der Waals surface area contributed by atoms with Gasteiger partial charge in [-0.2, -0.15) is 0 Å². The monoisotopic (exact) mass is 503 g/mol. The second-order valence-corrected chi connectivity index (χ2v) is 9.70. The molecule has 0 aromatic heterocycles. The highest BCUT2D eigenvalue weighted by Crippen LogP contribution is 2.26. The fourth-order valence-electron chi connectivity index (χ4n) is 3.58. The van der Waals surface area contributed by atoms with Crippen LogP contribution < -0.4 is 10.6 Å². The number of amides is 3. The summed E-state index contributed by atoms with van der Waals surface area (Å²) in [6.07, 6.45) is 10.7. The first kappa shape index (κ1) is 28.8. The van der Waals surface area contributed by atoms with Gasteiger partial charge in [0.2, 0.25) is 5.91 Å². The van der Waals surface area contributed by atoms with Crippen molar-refractivity contribution in [1.29, 1.82) is 0 Å². The van der Waals surface area contributed by atoms with Crippen LogP contribution in [0.5, 0.6) is 5.75 Å². The molecule has 3 N–H and O–H groups in total. The number of aromatic hydroxyl groups is 1. The normalized spacial score (nSPS) is 12.4. The van der Waals surface area contributed by atoms with Crippen LogP contribution >= 0.6 is 0 Å². The number of terminal acetylenes is 2. The van der Waals surface area contributed by atoms with Crippen molar-refractivity contribution in [3.63, 3.8) is 0 Å². The van der Waals surface area contributed by atoms with E-state index in [0.717, 1.165) is 4.90 Å². The number of nitrogens with one attached hydrogen (secondary N) is 2. The average molecular weight is 504 g/mol. The maximum atomic E-state index is 13.9. The molecule has 0 aliphatic carbocycles. The molecule has 2 rings (SSSR count). The summed E-state index contributed by atoms with van der Waals surface area (Å²) in [4.78, 5) is 40.8. The van der Waals surface area contributed by atoms with E-state index in [4.69, 9.17) is 17.6 Å². The second kappa shape index (κ2) is 12.5. The molecule has 194 valence electrons. The average Bonchev–Trinajstić information content (AvgIpc) is 2.81. The Morgan fingerprint density at radius 2 is 1.65 bits per heavy atom. The zero-order valence-corrected chi connectivity index (χ0v) is 21.7. The minimum atomic E-state index is -1.25. The SMILES string of the molecule is C#Cc1ccccc1C(C(=O)NC(C)C)N(C#C)C(=O)C(Cc1ccc(O)cc1)NC(=O)OC(C)(C)C. The van der Waals surface area contributed by atoms with Gasteiger partial charge in [0.1, 0.15) is 23.4 Å². The molecule has 8 nitrogen and oxygen atoms in total. The topological polar surface area (TPSA) is 108 Å². The number of alkyl carbamates (subject to hydrolysis) is 1. The maximum Gasteiger partial charge on any atom is 0.408 e. The molecule has 2 atom stereocenters. The molecule has 0 radical (unpaired) electrons. The van der Waals surface area contributed by atoms with Gasteiger partial charge in [-0.15, -0.1) is 6.42 Å². The van der Waals surface area contributed by atoms with E-state index in [9.17, 15) is 19.5 Å².